The molecule has 0 aliphatic rings. The number of fused-ring (bicyclic) bond motifs is 1. The summed E-state index contributed by atoms with van der Waals surface area (Å²) < 4.78 is 5.05. The summed E-state index contributed by atoms with van der Waals surface area (Å²) in [4.78, 5) is 13.3. The second-order valence-electron chi connectivity index (χ2n) is 3.63. The van der Waals surface area contributed by atoms with Gasteiger partial charge in [0.15, 0.2) is 0 Å². The van der Waals surface area contributed by atoms with E-state index >= 15 is 0 Å². The number of nitrogens with zero attached hydrogens (tertiary/aromatic N) is 3. The van der Waals surface area contributed by atoms with Crippen LogP contribution in [0.4, 0.5) is 11.7 Å². The molecule has 0 amide bonds. The summed E-state index contributed by atoms with van der Waals surface area (Å²) in [5.41, 5.74) is 6.22. The fraction of sp³-hybridized carbons (Fsp3) is 0. The first-order chi connectivity index (χ1) is 8.65. The van der Waals surface area contributed by atoms with Crippen LogP contribution < -0.4 is 5.73 Å². The van der Waals surface area contributed by atoms with Gasteiger partial charge in [0.05, 0.1) is 4.92 Å². The van der Waals surface area contributed by atoms with E-state index in [9.17, 15) is 10.1 Å². The predicted octanol–water partition coefficient (Wildman–Crippen LogP) is 1.71. The highest BCUT2D eigenvalue weighted by Gasteiger charge is 2.16. The van der Waals surface area contributed by atoms with Gasteiger partial charge in [-0.1, -0.05) is 17.2 Å². The van der Waals surface area contributed by atoms with E-state index < -0.39 is 4.92 Å². The van der Waals surface area contributed by atoms with Crippen molar-refractivity contribution in [3.05, 3.63) is 34.4 Å². The van der Waals surface area contributed by atoms with Crippen molar-refractivity contribution in [1.29, 1.82) is 0 Å². The molecule has 0 atom stereocenters. The Morgan fingerprint density at radius 2 is 2.22 bits per heavy atom. The van der Waals surface area contributed by atoms with Gasteiger partial charge in [-0.25, -0.2) is 0 Å². The van der Waals surface area contributed by atoms with Crippen LogP contribution in [0.1, 0.15) is 0 Å². The van der Waals surface area contributed by atoms with Crippen molar-refractivity contribution in [2.75, 3.05) is 5.73 Å². The Morgan fingerprint density at radius 1 is 1.39 bits per heavy atom. The molecule has 0 aliphatic carbocycles. The third-order valence-electron chi connectivity index (χ3n) is 2.50. The molecule has 8 heteroatoms. The number of aromatic nitrogens is 3. The Hall–Kier alpha value is -2.90. The quantitative estimate of drug-likeness (QED) is 0.523. The molecule has 2 heterocycles. The monoisotopic (exact) mass is 245 g/mol. The van der Waals surface area contributed by atoms with E-state index in [1.165, 1.54) is 6.07 Å². The molecular formula is C10H7N5O3. The van der Waals surface area contributed by atoms with Crippen molar-refractivity contribution in [1.82, 2.24) is 15.2 Å². The Labute approximate surface area is 99.6 Å². The van der Waals surface area contributed by atoms with Gasteiger partial charge in [0.1, 0.15) is 11.2 Å². The maximum Gasteiger partial charge on any atom is 0.313 e. The number of nitro benzene ring substituents is 1. The summed E-state index contributed by atoms with van der Waals surface area (Å²) in [6.07, 6.45) is 0. The molecule has 0 unspecified atom stereocenters. The number of nitrogens with one attached hydrogen (secondary N) is 1. The van der Waals surface area contributed by atoms with Crippen LogP contribution in [0.25, 0.3) is 22.5 Å². The lowest BCUT2D eigenvalue weighted by Gasteiger charge is -1.92. The number of para-hydroxylation sites is 1. The van der Waals surface area contributed by atoms with Crippen LogP contribution in [0.5, 0.6) is 0 Å². The van der Waals surface area contributed by atoms with Crippen molar-refractivity contribution >= 4 is 22.6 Å². The van der Waals surface area contributed by atoms with Gasteiger partial charge in [-0.3, -0.25) is 10.1 Å². The van der Waals surface area contributed by atoms with Crippen LogP contribution in [0.15, 0.2) is 28.7 Å². The molecule has 8 nitrogen and oxygen atoms in total. The molecule has 0 spiro atoms. The van der Waals surface area contributed by atoms with E-state index in [4.69, 9.17) is 10.2 Å². The largest absolute Gasteiger partial charge is 0.402 e. The summed E-state index contributed by atoms with van der Waals surface area (Å²) >= 11 is 0. The van der Waals surface area contributed by atoms with Crippen LogP contribution in [0.3, 0.4) is 0 Å². The number of nitrogens with two attached hydrogens (primary N) is 1. The number of benzene rings is 1. The van der Waals surface area contributed by atoms with Gasteiger partial charge in [0, 0.05) is 11.5 Å². The van der Waals surface area contributed by atoms with E-state index in [1.54, 1.807) is 18.2 Å². The zero-order valence-electron chi connectivity index (χ0n) is 8.95. The number of nitro groups is 1. The smallest absolute Gasteiger partial charge is 0.313 e. The van der Waals surface area contributed by atoms with E-state index in [1.807, 2.05) is 0 Å². The fourth-order valence-corrected chi connectivity index (χ4v) is 1.75. The number of anilines is 1. The van der Waals surface area contributed by atoms with Crippen LogP contribution in [-0.2, 0) is 0 Å². The van der Waals surface area contributed by atoms with E-state index in [-0.39, 0.29) is 17.6 Å². The molecule has 3 aromatic rings. The van der Waals surface area contributed by atoms with Crippen molar-refractivity contribution in [2.45, 2.75) is 0 Å². The molecular weight excluding hydrogens is 238 g/mol. The van der Waals surface area contributed by atoms with E-state index in [0.29, 0.717) is 16.6 Å². The van der Waals surface area contributed by atoms with Crippen LogP contribution in [-0.4, -0.2) is 20.1 Å². The second-order valence-corrected chi connectivity index (χ2v) is 3.63. The van der Waals surface area contributed by atoms with E-state index in [0.717, 1.165) is 0 Å². The van der Waals surface area contributed by atoms with Crippen LogP contribution in [0.2, 0.25) is 0 Å². The number of aromatic amines is 1. The number of nitrogen functional groups attached to an aromatic ring is 1. The normalized spacial score (nSPS) is 10.9. The van der Waals surface area contributed by atoms with Gasteiger partial charge >= 0.3 is 6.01 Å². The molecule has 18 heavy (non-hydrogen) atoms. The minimum absolute atomic E-state index is 0.00811. The molecule has 3 N–H and O–H groups in total. The van der Waals surface area contributed by atoms with Gasteiger partial charge < -0.3 is 15.1 Å². The summed E-state index contributed by atoms with van der Waals surface area (Å²) in [7, 11) is 0. The van der Waals surface area contributed by atoms with Gasteiger partial charge in [0.25, 0.3) is 11.6 Å². The molecule has 3 rings (SSSR count). The Bertz CT molecular complexity index is 745. The number of rotatable bonds is 2. The molecule has 2 aromatic heterocycles. The molecule has 1 aromatic carbocycles. The highest BCUT2D eigenvalue weighted by Crippen LogP contribution is 2.29. The summed E-state index contributed by atoms with van der Waals surface area (Å²) in [5, 5.41) is 18.8. The topological polar surface area (TPSA) is 124 Å². The molecule has 90 valence electrons. The maximum atomic E-state index is 10.9. The van der Waals surface area contributed by atoms with E-state index in [2.05, 4.69) is 15.2 Å². The van der Waals surface area contributed by atoms with Gasteiger partial charge in [-0.2, -0.15) is 0 Å². The Balaban J connectivity index is 2.22. The third kappa shape index (κ3) is 1.47. The van der Waals surface area contributed by atoms with Crippen LogP contribution >= 0.6 is 0 Å². The molecule has 0 fully saturated rings. The lowest BCUT2D eigenvalue weighted by molar-refractivity contribution is -0.383. The predicted molar refractivity (Wildman–Crippen MR) is 62.7 cm³/mol. The minimum Gasteiger partial charge on any atom is -0.402 e. The first-order valence-corrected chi connectivity index (χ1v) is 5.00. The Kier molecular flexibility index (Phi) is 2.03. The van der Waals surface area contributed by atoms with Crippen molar-refractivity contribution in [2.24, 2.45) is 0 Å². The number of non-ortho nitro benzene ring substituents is 1. The summed E-state index contributed by atoms with van der Waals surface area (Å²) in [6.45, 7) is 0. The molecule has 0 saturated carbocycles. The zero-order valence-corrected chi connectivity index (χ0v) is 8.95. The van der Waals surface area contributed by atoms with Crippen LogP contribution in [0, 0.1) is 10.1 Å². The molecule has 0 radical (unpaired) electrons. The number of hydrogen-bond donors (Lipinski definition) is 2. The number of H-pyrrole nitrogens is 1. The standard InChI is InChI=1S/C10H7N5O3/c11-10-14-13-9(18-10)6-4-5-2-1-3-7(15(16)17)8(5)12-6/h1-4,12H,(H2,11,14). The fourth-order valence-electron chi connectivity index (χ4n) is 1.75. The van der Waals surface area contributed by atoms with Crippen molar-refractivity contribution < 1.29 is 9.34 Å². The summed E-state index contributed by atoms with van der Waals surface area (Å²) in [5.74, 6) is 0.193. The van der Waals surface area contributed by atoms with Crippen molar-refractivity contribution in [3.63, 3.8) is 0 Å². The SMILES string of the molecule is Nc1nnc(-c2cc3cccc([N+](=O)[O-])c3[nH]2)o1. The summed E-state index contributed by atoms with van der Waals surface area (Å²) in [6, 6.07) is 6.42. The number of hydrogen-bond acceptors (Lipinski definition) is 6. The zero-order chi connectivity index (χ0) is 12.7. The molecule has 0 aliphatic heterocycles. The second kappa shape index (κ2) is 3.55. The molecule has 0 saturated heterocycles. The first kappa shape index (κ1) is 10.3. The Morgan fingerprint density at radius 3 is 2.89 bits per heavy atom. The third-order valence-corrected chi connectivity index (χ3v) is 2.50. The molecule has 0 bridgehead atoms. The average molecular weight is 245 g/mol. The first-order valence-electron chi connectivity index (χ1n) is 5.00. The minimum atomic E-state index is -0.454. The highest BCUT2D eigenvalue weighted by molar-refractivity contribution is 5.91. The maximum absolute atomic E-state index is 10.9. The average Bonchev–Trinajstić information content (AvgIpc) is 2.93. The van der Waals surface area contributed by atoms with Crippen molar-refractivity contribution in [3.8, 4) is 11.6 Å². The lowest BCUT2D eigenvalue weighted by atomic mass is 10.2. The van der Waals surface area contributed by atoms with Gasteiger partial charge in [0.2, 0.25) is 0 Å². The van der Waals surface area contributed by atoms with Gasteiger partial charge in [-0.05, 0) is 6.07 Å². The highest BCUT2D eigenvalue weighted by atomic mass is 16.6. The lowest BCUT2D eigenvalue weighted by Crippen LogP contribution is -1.88. The van der Waals surface area contributed by atoms with Gasteiger partial charge in [-0.15, -0.1) is 5.10 Å².